The molecule has 0 aromatic heterocycles. The van der Waals surface area contributed by atoms with Crippen LogP contribution in [0.1, 0.15) is 0 Å². The lowest BCUT2D eigenvalue weighted by Crippen LogP contribution is -2.43. The van der Waals surface area contributed by atoms with Gasteiger partial charge in [-0.05, 0) is 0 Å². The summed E-state index contributed by atoms with van der Waals surface area (Å²) in [7, 11) is 3.62. The number of primary amides is 2. The van der Waals surface area contributed by atoms with Crippen LogP contribution in [0.4, 0.5) is 0 Å². The van der Waals surface area contributed by atoms with Crippen molar-refractivity contribution in [2.75, 3.05) is 47.9 Å². The maximum Gasteiger partial charge on any atom is 0.235 e. The van der Waals surface area contributed by atoms with E-state index in [1.165, 1.54) is 0 Å². The number of carbonyl (C=O) groups is 2. The molecular weight excluding hydrogens is 360 g/mol. The molecule has 2 amide bonds. The van der Waals surface area contributed by atoms with Gasteiger partial charge in [-0.25, -0.2) is 0 Å². The van der Waals surface area contributed by atoms with Gasteiger partial charge in [-0.15, -0.1) is 23.5 Å². The molecule has 0 aromatic carbocycles. The standard InChI is InChI=1S/C12H22N4O2S4/c13-11(17)9-5-19-7-15(9)1-3-21-22-4-2-16-8-20-6-10(16)12(14)18/h9-10H,1-8H2,(H2,13,17)(H2,14,18)/t9-,10-/m0/s1. The Kier molecular flexibility index (Phi) is 8.06. The molecule has 2 aliphatic rings. The lowest BCUT2D eigenvalue weighted by Gasteiger charge is -2.21. The van der Waals surface area contributed by atoms with E-state index in [-0.39, 0.29) is 23.9 Å². The van der Waals surface area contributed by atoms with Gasteiger partial charge in [0, 0.05) is 47.9 Å². The van der Waals surface area contributed by atoms with E-state index in [9.17, 15) is 9.59 Å². The zero-order valence-corrected chi connectivity index (χ0v) is 15.6. The number of hydrogen-bond acceptors (Lipinski definition) is 8. The molecule has 22 heavy (non-hydrogen) atoms. The van der Waals surface area contributed by atoms with Crippen LogP contribution in [0.2, 0.25) is 0 Å². The minimum absolute atomic E-state index is 0.103. The lowest BCUT2D eigenvalue weighted by molar-refractivity contribution is -0.122. The largest absolute Gasteiger partial charge is 0.368 e. The van der Waals surface area contributed by atoms with E-state index in [0.29, 0.717) is 0 Å². The fourth-order valence-corrected chi connectivity index (χ4v) is 6.85. The molecule has 4 N–H and O–H groups in total. The molecule has 0 spiro atoms. The summed E-state index contributed by atoms with van der Waals surface area (Å²) in [5.41, 5.74) is 10.8. The topological polar surface area (TPSA) is 92.7 Å². The summed E-state index contributed by atoms with van der Waals surface area (Å²) in [5.74, 6) is 4.93. The van der Waals surface area contributed by atoms with E-state index in [4.69, 9.17) is 11.5 Å². The number of thioether (sulfide) groups is 2. The highest BCUT2D eigenvalue weighted by molar-refractivity contribution is 8.76. The van der Waals surface area contributed by atoms with Crippen LogP contribution in [-0.2, 0) is 9.59 Å². The third kappa shape index (κ3) is 5.41. The first kappa shape index (κ1) is 18.6. The van der Waals surface area contributed by atoms with Gasteiger partial charge in [-0.3, -0.25) is 19.4 Å². The second-order valence-electron chi connectivity index (χ2n) is 5.10. The smallest absolute Gasteiger partial charge is 0.235 e. The Hall–Kier alpha value is 0.260. The van der Waals surface area contributed by atoms with Crippen LogP contribution in [0, 0.1) is 0 Å². The van der Waals surface area contributed by atoms with Gasteiger partial charge in [0.15, 0.2) is 0 Å². The zero-order chi connectivity index (χ0) is 15.9. The van der Waals surface area contributed by atoms with Crippen LogP contribution in [0.25, 0.3) is 0 Å². The Morgan fingerprint density at radius 3 is 1.68 bits per heavy atom. The molecule has 0 aliphatic carbocycles. The molecule has 126 valence electrons. The maximum atomic E-state index is 11.3. The van der Waals surface area contributed by atoms with Crippen molar-refractivity contribution in [3.63, 3.8) is 0 Å². The summed E-state index contributed by atoms with van der Waals surface area (Å²) < 4.78 is 0. The van der Waals surface area contributed by atoms with Crippen molar-refractivity contribution in [2.45, 2.75) is 12.1 Å². The quantitative estimate of drug-likeness (QED) is 0.428. The van der Waals surface area contributed by atoms with Gasteiger partial charge < -0.3 is 11.5 Å². The second-order valence-corrected chi connectivity index (χ2v) is 9.81. The minimum Gasteiger partial charge on any atom is -0.368 e. The average molecular weight is 383 g/mol. The van der Waals surface area contributed by atoms with Crippen molar-refractivity contribution in [3.05, 3.63) is 0 Å². The van der Waals surface area contributed by atoms with Crippen LogP contribution < -0.4 is 11.5 Å². The van der Waals surface area contributed by atoms with E-state index in [0.717, 1.165) is 47.9 Å². The number of nitrogens with zero attached hydrogens (tertiary/aromatic N) is 2. The number of amides is 2. The van der Waals surface area contributed by atoms with Crippen LogP contribution in [0.15, 0.2) is 0 Å². The van der Waals surface area contributed by atoms with Crippen molar-refractivity contribution in [3.8, 4) is 0 Å². The second kappa shape index (κ2) is 9.53. The first-order chi connectivity index (χ1) is 10.6. The maximum absolute atomic E-state index is 11.3. The molecule has 10 heteroatoms. The molecule has 6 nitrogen and oxygen atoms in total. The summed E-state index contributed by atoms with van der Waals surface area (Å²) in [6, 6.07) is -0.206. The summed E-state index contributed by atoms with van der Waals surface area (Å²) in [6.07, 6.45) is 0. The molecule has 2 aliphatic heterocycles. The van der Waals surface area contributed by atoms with Gasteiger partial charge in [-0.1, -0.05) is 21.6 Å². The van der Waals surface area contributed by atoms with Crippen LogP contribution >= 0.6 is 45.1 Å². The highest BCUT2D eigenvalue weighted by atomic mass is 33.1. The van der Waals surface area contributed by atoms with Gasteiger partial charge >= 0.3 is 0 Å². The van der Waals surface area contributed by atoms with Crippen molar-refractivity contribution in [1.29, 1.82) is 0 Å². The molecule has 2 atom stereocenters. The van der Waals surface area contributed by atoms with E-state index >= 15 is 0 Å². The Morgan fingerprint density at radius 2 is 1.32 bits per heavy atom. The highest BCUT2D eigenvalue weighted by Gasteiger charge is 2.30. The lowest BCUT2D eigenvalue weighted by atomic mass is 10.3. The average Bonchev–Trinajstić information content (AvgIpc) is 3.11. The fourth-order valence-electron chi connectivity index (χ4n) is 2.35. The molecule has 2 rings (SSSR count). The Balaban J connectivity index is 1.54. The summed E-state index contributed by atoms with van der Waals surface area (Å²) in [5, 5.41) is 0. The van der Waals surface area contributed by atoms with Crippen molar-refractivity contribution in [1.82, 2.24) is 9.80 Å². The normalized spacial score (nSPS) is 26.5. The third-order valence-corrected chi connectivity index (χ3v) is 8.11. The zero-order valence-electron chi connectivity index (χ0n) is 12.3. The molecule has 0 bridgehead atoms. The van der Waals surface area contributed by atoms with Crippen molar-refractivity contribution < 1.29 is 9.59 Å². The SMILES string of the molecule is NC(=O)[C@@H]1CSCN1CCSSCCN1CSC[C@H]1C(N)=O. The summed E-state index contributed by atoms with van der Waals surface area (Å²) in [6.45, 7) is 1.78. The Labute approximate surface area is 147 Å². The fraction of sp³-hybridized carbons (Fsp3) is 0.833. The van der Waals surface area contributed by atoms with Crippen LogP contribution in [0.5, 0.6) is 0 Å². The molecule has 0 radical (unpaired) electrons. The molecular formula is C12H22N4O2S4. The highest BCUT2D eigenvalue weighted by Crippen LogP contribution is 2.26. The monoisotopic (exact) mass is 382 g/mol. The van der Waals surface area contributed by atoms with Crippen LogP contribution in [-0.4, -0.2) is 81.6 Å². The molecule has 0 aromatic rings. The van der Waals surface area contributed by atoms with Gasteiger partial charge in [-0.2, -0.15) is 0 Å². The van der Waals surface area contributed by atoms with E-state index in [1.807, 2.05) is 21.6 Å². The van der Waals surface area contributed by atoms with Gasteiger partial charge in [0.1, 0.15) is 0 Å². The number of hydrogen-bond donors (Lipinski definition) is 2. The predicted molar refractivity (Wildman–Crippen MR) is 98.9 cm³/mol. The molecule has 2 saturated heterocycles. The number of nitrogens with two attached hydrogens (primary N) is 2. The summed E-state index contributed by atoms with van der Waals surface area (Å²) in [4.78, 5) is 26.9. The predicted octanol–water partition coefficient (Wildman–Crippen LogP) is 0.0882. The Morgan fingerprint density at radius 1 is 0.909 bits per heavy atom. The van der Waals surface area contributed by atoms with Crippen LogP contribution in [0.3, 0.4) is 0 Å². The number of carbonyl (C=O) groups excluding carboxylic acids is 2. The molecule has 2 heterocycles. The molecule has 0 saturated carbocycles. The van der Waals surface area contributed by atoms with Crippen molar-refractivity contribution >= 4 is 56.9 Å². The third-order valence-electron chi connectivity index (χ3n) is 3.61. The van der Waals surface area contributed by atoms with Gasteiger partial charge in [0.05, 0.1) is 12.1 Å². The number of rotatable bonds is 9. The Bertz CT molecular complexity index is 365. The first-order valence-electron chi connectivity index (χ1n) is 7.06. The van der Waals surface area contributed by atoms with E-state index in [1.54, 1.807) is 23.5 Å². The summed E-state index contributed by atoms with van der Waals surface area (Å²) >= 11 is 3.53. The minimum atomic E-state index is -0.216. The molecule has 2 fully saturated rings. The van der Waals surface area contributed by atoms with E-state index in [2.05, 4.69) is 9.80 Å². The van der Waals surface area contributed by atoms with Gasteiger partial charge in [0.2, 0.25) is 11.8 Å². The molecule has 0 unspecified atom stereocenters. The van der Waals surface area contributed by atoms with E-state index < -0.39 is 0 Å². The van der Waals surface area contributed by atoms with Gasteiger partial charge in [0.25, 0.3) is 0 Å². The first-order valence-corrected chi connectivity index (χ1v) is 11.9. The van der Waals surface area contributed by atoms with Crippen molar-refractivity contribution in [2.24, 2.45) is 11.5 Å².